The molecule has 1 aliphatic heterocycles. The Balaban J connectivity index is 1.63. The van der Waals surface area contributed by atoms with Gasteiger partial charge in [0.1, 0.15) is 17.6 Å². The first kappa shape index (κ1) is 30.1. The Morgan fingerprint density at radius 1 is 0.841 bits per heavy atom. The van der Waals surface area contributed by atoms with Crippen LogP contribution in [0.4, 0.5) is 5.69 Å². The molecule has 0 amide bonds. The third-order valence-electron chi connectivity index (χ3n) is 7.16. The number of carbonyl (C=O) groups excluding carboxylic acids is 2. The predicted octanol–water partition coefficient (Wildman–Crippen LogP) is 5.60. The van der Waals surface area contributed by atoms with E-state index in [9.17, 15) is 19.7 Å². The van der Waals surface area contributed by atoms with Gasteiger partial charge in [-0.3, -0.25) is 24.7 Å². The Labute approximate surface area is 254 Å². The molecular weight excluding hydrogens is 564 g/mol. The van der Waals surface area contributed by atoms with Crippen molar-refractivity contribution in [2.24, 2.45) is 0 Å². The second kappa shape index (κ2) is 13.3. The van der Waals surface area contributed by atoms with Gasteiger partial charge in [-0.25, -0.2) is 0 Å². The van der Waals surface area contributed by atoms with Gasteiger partial charge in [-0.2, -0.15) is 0 Å². The van der Waals surface area contributed by atoms with Crippen LogP contribution < -0.4 is 0 Å². The Bertz CT molecular complexity index is 1550. The summed E-state index contributed by atoms with van der Waals surface area (Å²) in [6.07, 6.45) is 0.596. The van der Waals surface area contributed by atoms with E-state index in [0.29, 0.717) is 0 Å². The molecule has 2 heterocycles. The number of benzene rings is 3. The minimum Gasteiger partial charge on any atom is -0.483 e. The summed E-state index contributed by atoms with van der Waals surface area (Å²) < 4.78 is 24.5. The van der Waals surface area contributed by atoms with Crippen molar-refractivity contribution in [1.29, 1.82) is 0 Å². The Kier molecular flexibility index (Phi) is 9.11. The van der Waals surface area contributed by atoms with Gasteiger partial charge in [-0.15, -0.1) is 0 Å². The lowest BCUT2D eigenvalue weighted by atomic mass is 9.80. The molecule has 0 unspecified atom stereocenters. The van der Waals surface area contributed by atoms with E-state index in [-0.39, 0.29) is 23.6 Å². The summed E-state index contributed by atoms with van der Waals surface area (Å²) in [5, 5.41) is 11.8. The van der Waals surface area contributed by atoms with Crippen molar-refractivity contribution in [2.45, 2.75) is 37.8 Å². The van der Waals surface area contributed by atoms with Gasteiger partial charge in [-0.1, -0.05) is 91.0 Å². The quantitative estimate of drug-likeness (QED) is 0.0997. The fourth-order valence-electron chi connectivity index (χ4n) is 5.35. The van der Waals surface area contributed by atoms with Crippen molar-refractivity contribution in [2.75, 3.05) is 6.61 Å². The van der Waals surface area contributed by atoms with E-state index in [1.165, 1.54) is 32.2 Å². The lowest BCUT2D eigenvalue weighted by Crippen LogP contribution is -2.49. The van der Waals surface area contributed by atoms with Crippen molar-refractivity contribution >= 4 is 23.4 Å². The molecule has 4 aromatic rings. The van der Waals surface area contributed by atoms with Gasteiger partial charge < -0.3 is 18.9 Å². The summed E-state index contributed by atoms with van der Waals surface area (Å²) in [4.78, 5) is 39.6. The molecule has 0 N–H and O–H groups in total. The van der Waals surface area contributed by atoms with Crippen molar-refractivity contribution in [3.8, 4) is 0 Å². The normalized spacial score (nSPS) is 18.0. The van der Waals surface area contributed by atoms with E-state index in [1.54, 1.807) is 0 Å². The van der Waals surface area contributed by atoms with E-state index in [2.05, 4.69) is 4.98 Å². The summed E-state index contributed by atoms with van der Waals surface area (Å²) in [5.41, 5.74) is 1.15. The molecule has 0 saturated heterocycles. The van der Waals surface area contributed by atoms with Crippen molar-refractivity contribution in [3.63, 3.8) is 0 Å². The standard InChI is InChI=1S/C34H30N2O8/c1-23(37)42-31-20-30(28-18-19-35-21-29(28)36(39)40)44-32(33(31)43-24(2)38)22-41-34(25-12-6-3-7-13-25,26-14-8-4-9-15-26)27-16-10-5-11-17-27/h3-21,31-33H,22H2,1-2H3/t31-,32-,33+/m1/s1. The minimum atomic E-state index is -1.14. The SMILES string of the molecule is CC(=O)O[C@H]1[C@H](OC(C)=O)C=C(c2ccncc2[N+](=O)[O-])O[C@@H]1COC(c1ccccc1)(c1ccccc1)c1ccccc1. The predicted molar refractivity (Wildman–Crippen MR) is 160 cm³/mol. The van der Waals surface area contributed by atoms with Gasteiger partial charge in [0.2, 0.25) is 0 Å². The molecule has 1 aliphatic rings. The average Bonchev–Trinajstić information content (AvgIpc) is 3.03. The van der Waals surface area contributed by atoms with Gasteiger partial charge in [0, 0.05) is 26.1 Å². The van der Waals surface area contributed by atoms with Gasteiger partial charge in [-0.05, 0) is 22.8 Å². The molecule has 0 spiro atoms. The molecule has 3 aromatic carbocycles. The second-order valence-corrected chi connectivity index (χ2v) is 10.1. The molecule has 0 fully saturated rings. The van der Waals surface area contributed by atoms with E-state index < -0.39 is 40.8 Å². The van der Waals surface area contributed by atoms with Gasteiger partial charge >= 0.3 is 11.9 Å². The maximum Gasteiger partial charge on any atom is 0.303 e. The van der Waals surface area contributed by atoms with E-state index in [0.717, 1.165) is 22.9 Å². The Morgan fingerprint density at radius 3 is 1.84 bits per heavy atom. The third-order valence-corrected chi connectivity index (χ3v) is 7.16. The molecule has 0 radical (unpaired) electrons. The Hall–Kier alpha value is -5.35. The van der Waals surface area contributed by atoms with Crippen LogP contribution in [0.5, 0.6) is 0 Å². The smallest absolute Gasteiger partial charge is 0.303 e. The second-order valence-electron chi connectivity index (χ2n) is 10.1. The monoisotopic (exact) mass is 594 g/mol. The molecular formula is C34H30N2O8. The van der Waals surface area contributed by atoms with Crippen LogP contribution in [0.15, 0.2) is 116 Å². The topological polar surface area (TPSA) is 127 Å². The van der Waals surface area contributed by atoms with Crippen molar-refractivity contribution < 1.29 is 33.5 Å². The van der Waals surface area contributed by atoms with Gasteiger partial charge in [0.25, 0.3) is 5.69 Å². The van der Waals surface area contributed by atoms with Crippen molar-refractivity contribution in [1.82, 2.24) is 4.98 Å². The zero-order valence-electron chi connectivity index (χ0n) is 24.1. The van der Waals surface area contributed by atoms with Crippen LogP contribution in [0.2, 0.25) is 0 Å². The molecule has 44 heavy (non-hydrogen) atoms. The molecule has 5 rings (SSSR count). The number of nitro groups is 1. The van der Waals surface area contributed by atoms with E-state index >= 15 is 0 Å². The summed E-state index contributed by atoms with van der Waals surface area (Å²) in [5.74, 6) is -1.21. The molecule has 224 valence electrons. The number of rotatable bonds is 10. The van der Waals surface area contributed by atoms with Crippen LogP contribution in [0.1, 0.15) is 36.1 Å². The van der Waals surface area contributed by atoms with Crippen LogP contribution in [-0.2, 0) is 34.1 Å². The number of esters is 2. The highest BCUT2D eigenvalue weighted by molar-refractivity contribution is 5.71. The summed E-state index contributed by atoms with van der Waals surface area (Å²) in [6, 6.07) is 30.4. The first-order chi connectivity index (χ1) is 21.3. The molecule has 0 saturated carbocycles. The highest BCUT2D eigenvalue weighted by Crippen LogP contribution is 2.42. The summed E-state index contributed by atoms with van der Waals surface area (Å²) in [6.45, 7) is 2.28. The highest BCUT2D eigenvalue weighted by atomic mass is 16.6. The van der Waals surface area contributed by atoms with Crippen LogP contribution in [0.3, 0.4) is 0 Å². The molecule has 10 heteroatoms. The number of pyridine rings is 1. The van der Waals surface area contributed by atoms with Crippen LogP contribution >= 0.6 is 0 Å². The molecule has 3 atom stereocenters. The maximum atomic E-state index is 12.3. The largest absolute Gasteiger partial charge is 0.483 e. The first-order valence-corrected chi connectivity index (χ1v) is 13.9. The molecule has 10 nitrogen and oxygen atoms in total. The Morgan fingerprint density at radius 2 is 1.36 bits per heavy atom. The molecule has 0 aliphatic carbocycles. The zero-order valence-corrected chi connectivity index (χ0v) is 24.1. The average molecular weight is 595 g/mol. The molecule has 0 bridgehead atoms. The van der Waals surface area contributed by atoms with E-state index in [1.807, 2.05) is 91.0 Å². The fourth-order valence-corrected chi connectivity index (χ4v) is 5.35. The maximum absolute atomic E-state index is 12.3. The van der Waals surface area contributed by atoms with Gasteiger partial charge in [0.05, 0.1) is 17.1 Å². The zero-order chi connectivity index (χ0) is 31.1. The molecule has 1 aromatic heterocycles. The van der Waals surface area contributed by atoms with Crippen LogP contribution in [0.25, 0.3) is 5.76 Å². The number of aromatic nitrogens is 1. The van der Waals surface area contributed by atoms with Crippen molar-refractivity contribution in [3.05, 3.63) is 148 Å². The highest BCUT2D eigenvalue weighted by Gasteiger charge is 2.44. The summed E-state index contributed by atoms with van der Waals surface area (Å²) >= 11 is 0. The lowest BCUT2D eigenvalue weighted by Gasteiger charge is -2.40. The number of hydrogen-bond acceptors (Lipinski definition) is 9. The lowest BCUT2D eigenvalue weighted by molar-refractivity contribution is -0.385. The van der Waals surface area contributed by atoms with E-state index in [4.69, 9.17) is 18.9 Å². The number of carbonyl (C=O) groups is 2. The third kappa shape index (κ3) is 6.35. The minimum absolute atomic E-state index is 0.0621. The first-order valence-electron chi connectivity index (χ1n) is 13.9. The summed E-state index contributed by atoms with van der Waals surface area (Å²) in [7, 11) is 0. The fraction of sp³-hybridized carbons (Fsp3) is 0.206. The number of nitrogens with zero attached hydrogens (tertiary/aromatic N) is 2. The van der Waals surface area contributed by atoms with Crippen LogP contribution in [-0.4, -0.2) is 46.8 Å². The van der Waals surface area contributed by atoms with Gasteiger partial charge in [0.15, 0.2) is 18.3 Å². The number of ether oxygens (including phenoxy) is 4. The number of hydrogen-bond donors (Lipinski definition) is 0. The van der Waals surface area contributed by atoms with Crippen LogP contribution in [0, 0.1) is 10.1 Å².